The summed E-state index contributed by atoms with van der Waals surface area (Å²) in [6.07, 6.45) is 5.14. The molecule has 112 valence electrons. The number of piperidine rings is 1. The molecular weight excluding hydrogens is 268 g/mol. The Bertz CT molecular complexity index is 429. The summed E-state index contributed by atoms with van der Waals surface area (Å²) >= 11 is 6.18. The van der Waals surface area contributed by atoms with E-state index < -0.39 is 0 Å². The number of hydrogen-bond acceptors (Lipinski definition) is 2. The molecule has 0 radical (unpaired) electrons. The van der Waals surface area contributed by atoms with E-state index in [4.69, 9.17) is 11.6 Å². The second-order valence-electron chi connectivity index (χ2n) is 6.04. The van der Waals surface area contributed by atoms with Crippen molar-refractivity contribution in [1.82, 2.24) is 10.2 Å². The van der Waals surface area contributed by atoms with Crippen LogP contribution in [0.2, 0.25) is 5.02 Å². The SMILES string of the molecule is CCC(C)(C(NC)c1cccc(Cl)c1)N1CCCCC1. The van der Waals surface area contributed by atoms with Gasteiger partial charge in [-0.3, -0.25) is 4.90 Å². The Morgan fingerprint density at radius 2 is 2.00 bits per heavy atom. The van der Waals surface area contributed by atoms with Gasteiger partial charge in [-0.25, -0.2) is 0 Å². The summed E-state index contributed by atoms with van der Waals surface area (Å²) < 4.78 is 0. The fourth-order valence-corrected chi connectivity index (χ4v) is 3.74. The lowest BCUT2D eigenvalue weighted by molar-refractivity contribution is 0.0448. The molecule has 2 atom stereocenters. The number of halogens is 1. The molecule has 1 aliphatic rings. The molecule has 2 unspecified atom stereocenters. The van der Waals surface area contributed by atoms with Crippen LogP contribution in [0, 0.1) is 0 Å². The van der Waals surface area contributed by atoms with E-state index in [9.17, 15) is 0 Å². The lowest BCUT2D eigenvalue weighted by Gasteiger charge is -2.48. The van der Waals surface area contributed by atoms with Crippen molar-refractivity contribution in [3.8, 4) is 0 Å². The average molecular weight is 295 g/mol. The van der Waals surface area contributed by atoms with Crippen LogP contribution in [0.25, 0.3) is 0 Å². The van der Waals surface area contributed by atoms with E-state index in [0.29, 0.717) is 6.04 Å². The summed E-state index contributed by atoms with van der Waals surface area (Å²) in [5.74, 6) is 0. The summed E-state index contributed by atoms with van der Waals surface area (Å²) in [6.45, 7) is 7.11. The topological polar surface area (TPSA) is 15.3 Å². The van der Waals surface area contributed by atoms with E-state index in [-0.39, 0.29) is 5.54 Å². The maximum absolute atomic E-state index is 6.18. The van der Waals surface area contributed by atoms with Crippen molar-refractivity contribution in [2.75, 3.05) is 20.1 Å². The predicted octanol–water partition coefficient (Wildman–Crippen LogP) is 4.26. The normalized spacial score (nSPS) is 21.4. The van der Waals surface area contributed by atoms with Crippen LogP contribution in [0.3, 0.4) is 0 Å². The average Bonchev–Trinajstić information content (AvgIpc) is 2.48. The zero-order valence-corrected chi connectivity index (χ0v) is 13.7. The smallest absolute Gasteiger partial charge is 0.0502 e. The van der Waals surface area contributed by atoms with Crippen LogP contribution in [-0.4, -0.2) is 30.6 Å². The predicted molar refractivity (Wildman–Crippen MR) is 87.4 cm³/mol. The van der Waals surface area contributed by atoms with Gasteiger partial charge in [-0.15, -0.1) is 0 Å². The van der Waals surface area contributed by atoms with E-state index in [1.165, 1.54) is 37.9 Å². The van der Waals surface area contributed by atoms with E-state index in [2.05, 4.69) is 43.2 Å². The second kappa shape index (κ2) is 6.93. The molecular formula is C17H27ClN2. The maximum atomic E-state index is 6.18. The van der Waals surface area contributed by atoms with Crippen molar-refractivity contribution < 1.29 is 0 Å². The largest absolute Gasteiger partial charge is 0.311 e. The molecule has 0 aliphatic carbocycles. The van der Waals surface area contributed by atoms with Crippen LogP contribution in [0.4, 0.5) is 0 Å². The molecule has 0 spiro atoms. The van der Waals surface area contributed by atoms with Crippen LogP contribution in [-0.2, 0) is 0 Å². The Morgan fingerprint density at radius 1 is 1.30 bits per heavy atom. The lowest BCUT2D eigenvalue weighted by atomic mass is 9.82. The van der Waals surface area contributed by atoms with Crippen LogP contribution in [0.1, 0.15) is 51.1 Å². The minimum Gasteiger partial charge on any atom is -0.311 e. The first kappa shape index (κ1) is 15.8. The highest BCUT2D eigenvalue weighted by molar-refractivity contribution is 6.30. The Hall–Kier alpha value is -0.570. The lowest BCUT2D eigenvalue weighted by Crippen LogP contribution is -2.55. The van der Waals surface area contributed by atoms with Crippen LogP contribution in [0.15, 0.2) is 24.3 Å². The summed E-state index contributed by atoms with van der Waals surface area (Å²) in [6, 6.07) is 8.59. The van der Waals surface area contributed by atoms with Gasteiger partial charge in [0.2, 0.25) is 0 Å². The van der Waals surface area contributed by atoms with Crippen LogP contribution < -0.4 is 5.32 Å². The zero-order chi connectivity index (χ0) is 14.6. The van der Waals surface area contributed by atoms with Gasteiger partial charge in [0.1, 0.15) is 0 Å². The fourth-order valence-electron chi connectivity index (χ4n) is 3.54. The highest BCUT2D eigenvalue weighted by atomic mass is 35.5. The van der Waals surface area contributed by atoms with Gasteiger partial charge in [0.05, 0.1) is 6.04 Å². The van der Waals surface area contributed by atoms with Gasteiger partial charge in [0, 0.05) is 10.6 Å². The Kier molecular flexibility index (Phi) is 5.48. The first-order chi connectivity index (χ1) is 9.61. The zero-order valence-electron chi connectivity index (χ0n) is 13.0. The molecule has 1 aromatic rings. The van der Waals surface area contributed by atoms with Gasteiger partial charge in [0.15, 0.2) is 0 Å². The molecule has 20 heavy (non-hydrogen) atoms. The fraction of sp³-hybridized carbons (Fsp3) is 0.647. The molecule has 0 bridgehead atoms. The Labute approximate surface area is 128 Å². The summed E-state index contributed by atoms with van der Waals surface area (Å²) in [5.41, 5.74) is 1.43. The third-order valence-electron chi connectivity index (χ3n) is 4.89. The second-order valence-corrected chi connectivity index (χ2v) is 6.47. The molecule has 1 aromatic carbocycles. The van der Waals surface area contributed by atoms with E-state index in [1.807, 2.05) is 12.1 Å². The number of benzene rings is 1. The molecule has 0 saturated carbocycles. The number of nitrogens with one attached hydrogen (secondary N) is 1. The summed E-state index contributed by atoms with van der Waals surface area (Å²) in [7, 11) is 2.06. The monoisotopic (exact) mass is 294 g/mol. The number of hydrogen-bond donors (Lipinski definition) is 1. The molecule has 1 saturated heterocycles. The van der Waals surface area contributed by atoms with Gasteiger partial charge in [-0.2, -0.15) is 0 Å². The van der Waals surface area contributed by atoms with Crippen molar-refractivity contribution in [3.05, 3.63) is 34.9 Å². The van der Waals surface area contributed by atoms with Gasteiger partial charge in [0.25, 0.3) is 0 Å². The van der Waals surface area contributed by atoms with Gasteiger partial charge < -0.3 is 5.32 Å². The molecule has 2 rings (SSSR count). The molecule has 1 heterocycles. The molecule has 1 fully saturated rings. The highest BCUT2D eigenvalue weighted by Gasteiger charge is 2.38. The van der Waals surface area contributed by atoms with Crippen molar-refractivity contribution in [3.63, 3.8) is 0 Å². The molecule has 1 aliphatic heterocycles. The quantitative estimate of drug-likeness (QED) is 0.873. The number of rotatable bonds is 5. The van der Waals surface area contributed by atoms with E-state index in [0.717, 1.165) is 11.4 Å². The van der Waals surface area contributed by atoms with Crippen molar-refractivity contribution in [1.29, 1.82) is 0 Å². The number of nitrogens with zero attached hydrogens (tertiary/aromatic N) is 1. The standard InChI is InChI=1S/C17H27ClN2/c1-4-17(2,20-11-6-5-7-12-20)16(19-3)14-9-8-10-15(18)13-14/h8-10,13,16,19H,4-7,11-12H2,1-3H3. The molecule has 2 nitrogen and oxygen atoms in total. The van der Waals surface area contributed by atoms with Crippen molar-refractivity contribution in [2.45, 2.75) is 51.1 Å². The third-order valence-corrected chi connectivity index (χ3v) is 5.12. The molecule has 1 N–H and O–H groups in total. The number of likely N-dealkylation sites (tertiary alicyclic amines) is 1. The molecule has 0 amide bonds. The first-order valence-electron chi connectivity index (χ1n) is 7.79. The maximum Gasteiger partial charge on any atom is 0.0502 e. The summed E-state index contributed by atoms with van der Waals surface area (Å²) in [4.78, 5) is 2.67. The van der Waals surface area contributed by atoms with Gasteiger partial charge in [-0.1, -0.05) is 37.1 Å². The first-order valence-corrected chi connectivity index (χ1v) is 8.17. The van der Waals surface area contributed by atoms with Crippen LogP contribution in [0.5, 0.6) is 0 Å². The minimum atomic E-state index is 0.139. The Morgan fingerprint density at radius 3 is 2.55 bits per heavy atom. The van der Waals surface area contributed by atoms with Crippen LogP contribution >= 0.6 is 11.6 Å². The molecule has 3 heteroatoms. The highest BCUT2D eigenvalue weighted by Crippen LogP contribution is 2.36. The summed E-state index contributed by atoms with van der Waals surface area (Å²) in [5, 5.41) is 4.35. The van der Waals surface area contributed by atoms with Gasteiger partial charge >= 0.3 is 0 Å². The minimum absolute atomic E-state index is 0.139. The third kappa shape index (κ3) is 3.19. The van der Waals surface area contributed by atoms with E-state index >= 15 is 0 Å². The van der Waals surface area contributed by atoms with Crippen molar-refractivity contribution >= 4 is 11.6 Å². The number of likely N-dealkylation sites (N-methyl/N-ethyl adjacent to an activating group) is 1. The molecule has 0 aromatic heterocycles. The van der Waals surface area contributed by atoms with E-state index in [1.54, 1.807) is 0 Å². The Balaban J connectivity index is 2.30. The van der Waals surface area contributed by atoms with Gasteiger partial charge in [-0.05, 0) is 64.0 Å². The van der Waals surface area contributed by atoms with Crippen molar-refractivity contribution in [2.24, 2.45) is 0 Å².